The summed E-state index contributed by atoms with van der Waals surface area (Å²) in [5.41, 5.74) is 0.415. The summed E-state index contributed by atoms with van der Waals surface area (Å²) in [5, 5.41) is 3.43. The average Bonchev–Trinajstić information content (AvgIpc) is 2.68. The Balaban J connectivity index is 2.17. The lowest BCUT2D eigenvalue weighted by molar-refractivity contribution is 0.108. The van der Waals surface area contributed by atoms with Crippen molar-refractivity contribution < 1.29 is 4.74 Å². The van der Waals surface area contributed by atoms with E-state index in [0.717, 1.165) is 45.2 Å². The summed E-state index contributed by atoms with van der Waals surface area (Å²) < 4.78 is 5.58. The maximum Gasteiger partial charge on any atom is 0.193 e. The van der Waals surface area contributed by atoms with Crippen LogP contribution in [0, 0.1) is 11.3 Å². The monoisotopic (exact) mass is 269 g/mol. The Labute approximate surface area is 118 Å². The predicted octanol–water partition coefficient (Wildman–Crippen LogP) is 2.36. The SMILES string of the molecule is CN=C(NCCCOCC(C)C)N1CCC(C)(C)C1. The maximum atomic E-state index is 5.58. The van der Waals surface area contributed by atoms with Crippen molar-refractivity contribution in [2.45, 2.75) is 40.5 Å². The molecular weight excluding hydrogens is 238 g/mol. The van der Waals surface area contributed by atoms with Gasteiger partial charge in [-0.3, -0.25) is 4.99 Å². The van der Waals surface area contributed by atoms with Gasteiger partial charge in [0.1, 0.15) is 0 Å². The Morgan fingerprint density at radius 1 is 1.42 bits per heavy atom. The summed E-state index contributed by atoms with van der Waals surface area (Å²) in [4.78, 5) is 6.73. The molecule has 4 heteroatoms. The first-order valence-electron chi connectivity index (χ1n) is 7.48. The second-order valence-electron chi connectivity index (χ2n) is 6.63. The van der Waals surface area contributed by atoms with Crippen LogP contribution in [0.15, 0.2) is 4.99 Å². The Bertz CT molecular complexity index is 287. The van der Waals surface area contributed by atoms with Gasteiger partial charge in [0.15, 0.2) is 5.96 Å². The van der Waals surface area contributed by atoms with Gasteiger partial charge in [0, 0.05) is 39.9 Å². The molecule has 0 aromatic rings. The average molecular weight is 269 g/mol. The van der Waals surface area contributed by atoms with E-state index >= 15 is 0 Å². The Morgan fingerprint density at radius 3 is 2.68 bits per heavy atom. The Kier molecular flexibility index (Phi) is 6.63. The van der Waals surface area contributed by atoms with Gasteiger partial charge in [0.05, 0.1) is 0 Å². The third kappa shape index (κ3) is 6.28. The number of ether oxygens (including phenoxy) is 1. The number of nitrogens with one attached hydrogen (secondary N) is 1. The summed E-state index contributed by atoms with van der Waals surface area (Å²) >= 11 is 0. The first-order chi connectivity index (χ1) is 8.94. The fraction of sp³-hybridized carbons (Fsp3) is 0.933. The van der Waals surface area contributed by atoms with Crippen LogP contribution < -0.4 is 5.32 Å². The molecule has 0 aromatic carbocycles. The van der Waals surface area contributed by atoms with Crippen LogP contribution in [-0.2, 0) is 4.74 Å². The van der Waals surface area contributed by atoms with Crippen molar-refractivity contribution in [1.29, 1.82) is 0 Å². The second-order valence-corrected chi connectivity index (χ2v) is 6.63. The fourth-order valence-electron chi connectivity index (χ4n) is 2.32. The zero-order valence-electron chi connectivity index (χ0n) is 13.3. The topological polar surface area (TPSA) is 36.9 Å². The first kappa shape index (κ1) is 16.3. The summed E-state index contributed by atoms with van der Waals surface area (Å²) in [6.07, 6.45) is 2.27. The van der Waals surface area contributed by atoms with Gasteiger partial charge in [0.2, 0.25) is 0 Å². The fourth-order valence-corrected chi connectivity index (χ4v) is 2.32. The maximum absolute atomic E-state index is 5.58. The molecule has 0 aliphatic carbocycles. The number of hydrogen-bond donors (Lipinski definition) is 1. The van der Waals surface area contributed by atoms with Gasteiger partial charge in [-0.2, -0.15) is 0 Å². The van der Waals surface area contributed by atoms with E-state index in [-0.39, 0.29) is 0 Å². The molecule has 1 aliphatic rings. The largest absolute Gasteiger partial charge is 0.381 e. The van der Waals surface area contributed by atoms with Gasteiger partial charge >= 0.3 is 0 Å². The van der Waals surface area contributed by atoms with Crippen molar-refractivity contribution in [3.05, 3.63) is 0 Å². The molecule has 1 rings (SSSR count). The van der Waals surface area contributed by atoms with E-state index < -0.39 is 0 Å². The number of rotatable bonds is 6. The molecule has 1 fully saturated rings. The van der Waals surface area contributed by atoms with Crippen LogP contribution >= 0.6 is 0 Å². The van der Waals surface area contributed by atoms with Crippen LogP contribution in [0.3, 0.4) is 0 Å². The van der Waals surface area contributed by atoms with Gasteiger partial charge in [-0.15, -0.1) is 0 Å². The Morgan fingerprint density at radius 2 is 2.16 bits per heavy atom. The van der Waals surface area contributed by atoms with E-state index in [1.54, 1.807) is 0 Å². The molecule has 0 aromatic heterocycles. The predicted molar refractivity (Wildman–Crippen MR) is 81.6 cm³/mol. The van der Waals surface area contributed by atoms with Gasteiger partial charge in [0.25, 0.3) is 0 Å². The molecule has 0 unspecified atom stereocenters. The molecule has 0 saturated carbocycles. The molecule has 1 heterocycles. The van der Waals surface area contributed by atoms with Crippen molar-refractivity contribution in [2.24, 2.45) is 16.3 Å². The van der Waals surface area contributed by atoms with E-state index in [1.807, 2.05) is 7.05 Å². The highest BCUT2D eigenvalue weighted by Gasteiger charge is 2.30. The third-order valence-electron chi connectivity index (χ3n) is 3.39. The Hall–Kier alpha value is -0.770. The van der Waals surface area contributed by atoms with Gasteiger partial charge in [-0.05, 0) is 24.2 Å². The standard InChI is InChI=1S/C15H31N3O/c1-13(2)11-19-10-6-8-17-14(16-5)18-9-7-15(3,4)12-18/h13H,6-12H2,1-5H3,(H,16,17). The normalized spacial score (nSPS) is 19.3. The van der Waals surface area contributed by atoms with Crippen LogP contribution in [0.1, 0.15) is 40.5 Å². The van der Waals surface area contributed by atoms with Crippen molar-refractivity contribution in [3.8, 4) is 0 Å². The molecule has 1 saturated heterocycles. The number of hydrogen-bond acceptors (Lipinski definition) is 2. The minimum Gasteiger partial charge on any atom is -0.381 e. The summed E-state index contributed by atoms with van der Waals surface area (Å²) in [7, 11) is 1.86. The van der Waals surface area contributed by atoms with Gasteiger partial charge in [-0.25, -0.2) is 0 Å². The zero-order valence-corrected chi connectivity index (χ0v) is 13.3. The quantitative estimate of drug-likeness (QED) is 0.457. The van der Waals surface area contributed by atoms with E-state index in [4.69, 9.17) is 4.74 Å². The van der Waals surface area contributed by atoms with Crippen LogP contribution in [0.4, 0.5) is 0 Å². The third-order valence-corrected chi connectivity index (χ3v) is 3.39. The molecule has 0 spiro atoms. The van der Waals surface area contributed by atoms with Crippen molar-refractivity contribution in [1.82, 2.24) is 10.2 Å². The number of guanidine groups is 1. The van der Waals surface area contributed by atoms with Crippen molar-refractivity contribution in [2.75, 3.05) is 39.9 Å². The lowest BCUT2D eigenvalue weighted by Gasteiger charge is -2.23. The molecule has 0 bridgehead atoms. The summed E-state index contributed by atoms with van der Waals surface area (Å²) in [6.45, 7) is 13.8. The smallest absolute Gasteiger partial charge is 0.193 e. The number of nitrogens with zero attached hydrogens (tertiary/aromatic N) is 2. The highest BCUT2D eigenvalue weighted by Crippen LogP contribution is 2.28. The van der Waals surface area contributed by atoms with E-state index in [1.165, 1.54) is 6.42 Å². The molecule has 4 nitrogen and oxygen atoms in total. The lowest BCUT2D eigenvalue weighted by Crippen LogP contribution is -2.41. The molecule has 0 radical (unpaired) electrons. The molecular formula is C15H31N3O. The van der Waals surface area contributed by atoms with Crippen molar-refractivity contribution >= 4 is 5.96 Å². The minimum atomic E-state index is 0.415. The molecule has 1 aliphatic heterocycles. The minimum absolute atomic E-state index is 0.415. The van der Waals surface area contributed by atoms with E-state index in [0.29, 0.717) is 11.3 Å². The molecule has 0 atom stereocenters. The lowest BCUT2D eigenvalue weighted by atomic mass is 9.93. The number of aliphatic imine (C=N–C) groups is 1. The van der Waals surface area contributed by atoms with E-state index in [2.05, 4.69) is 42.9 Å². The van der Waals surface area contributed by atoms with Crippen LogP contribution in [0.2, 0.25) is 0 Å². The highest BCUT2D eigenvalue weighted by molar-refractivity contribution is 5.80. The zero-order chi connectivity index (χ0) is 14.3. The number of likely N-dealkylation sites (tertiary alicyclic amines) is 1. The molecule has 112 valence electrons. The van der Waals surface area contributed by atoms with Crippen LogP contribution in [-0.4, -0.2) is 50.8 Å². The second kappa shape index (κ2) is 7.73. The van der Waals surface area contributed by atoms with E-state index in [9.17, 15) is 0 Å². The van der Waals surface area contributed by atoms with Crippen LogP contribution in [0.5, 0.6) is 0 Å². The van der Waals surface area contributed by atoms with Crippen LogP contribution in [0.25, 0.3) is 0 Å². The summed E-state index contributed by atoms with van der Waals surface area (Å²) in [6, 6.07) is 0. The van der Waals surface area contributed by atoms with Gasteiger partial charge < -0.3 is 15.0 Å². The first-order valence-corrected chi connectivity index (χ1v) is 7.48. The van der Waals surface area contributed by atoms with Gasteiger partial charge in [-0.1, -0.05) is 27.7 Å². The molecule has 1 N–H and O–H groups in total. The molecule has 19 heavy (non-hydrogen) atoms. The van der Waals surface area contributed by atoms with Crippen molar-refractivity contribution in [3.63, 3.8) is 0 Å². The highest BCUT2D eigenvalue weighted by atomic mass is 16.5. The summed E-state index contributed by atoms with van der Waals surface area (Å²) in [5.74, 6) is 1.65. The molecule has 0 amide bonds.